The molecule has 12 heteroatoms. The van der Waals surface area contributed by atoms with E-state index < -0.39 is 5.60 Å². The molecule has 2 atom stereocenters. The van der Waals surface area contributed by atoms with Gasteiger partial charge in [-0.25, -0.2) is 14.5 Å². The molecule has 0 spiro atoms. The smallest absolute Gasteiger partial charge is 0.212 e. The third kappa shape index (κ3) is 4.92. The molecule has 0 aromatic carbocycles. The first-order valence-electron chi connectivity index (χ1n) is 14.1. The zero-order valence-electron chi connectivity index (χ0n) is 24.1. The van der Waals surface area contributed by atoms with Gasteiger partial charge in [-0.2, -0.15) is 20.6 Å². The van der Waals surface area contributed by atoms with E-state index in [1.54, 1.807) is 50.1 Å². The standard InChI is InChI=1S/C31H30N10O2/c1-31(2,42)27-6-5-25(37-38-27)20-8-24(30-21(10-32)12-36-41(30)16-20)26-13-34-28(14-33-26)39-17-22-9-23(18-39)40(22)15-19-4-7-29(43-3)35-11-19/h4-8,11-14,16,22-23,42H,9,15,17-18H2,1-3H3. The molecule has 0 radical (unpaired) electrons. The molecule has 3 fully saturated rings. The van der Waals surface area contributed by atoms with Crippen LogP contribution in [0.2, 0.25) is 0 Å². The molecule has 12 nitrogen and oxygen atoms in total. The number of piperidine rings is 1. The number of hydrogen-bond acceptors (Lipinski definition) is 11. The largest absolute Gasteiger partial charge is 0.481 e. The van der Waals surface area contributed by atoms with E-state index in [0.29, 0.717) is 46.1 Å². The van der Waals surface area contributed by atoms with Crippen LogP contribution in [0.4, 0.5) is 5.82 Å². The molecular weight excluding hydrogens is 544 g/mol. The van der Waals surface area contributed by atoms with Gasteiger partial charge in [-0.1, -0.05) is 6.07 Å². The van der Waals surface area contributed by atoms with Gasteiger partial charge in [0.25, 0.3) is 0 Å². The van der Waals surface area contributed by atoms with Gasteiger partial charge in [0.05, 0.1) is 53.9 Å². The van der Waals surface area contributed by atoms with Gasteiger partial charge in [-0.15, -0.1) is 0 Å². The van der Waals surface area contributed by atoms with Crippen LogP contribution in [0.5, 0.6) is 5.88 Å². The van der Waals surface area contributed by atoms with Crippen molar-refractivity contribution in [2.75, 3.05) is 25.1 Å². The van der Waals surface area contributed by atoms with Gasteiger partial charge < -0.3 is 14.7 Å². The van der Waals surface area contributed by atoms with E-state index in [1.165, 1.54) is 12.0 Å². The Morgan fingerprint density at radius 1 is 1.00 bits per heavy atom. The predicted octanol–water partition coefficient (Wildman–Crippen LogP) is 3.21. The molecule has 0 saturated carbocycles. The van der Waals surface area contributed by atoms with Crippen molar-refractivity contribution < 1.29 is 9.84 Å². The summed E-state index contributed by atoms with van der Waals surface area (Å²) >= 11 is 0. The van der Waals surface area contributed by atoms with Gasteiger partial charge in [0.1, 0.15) is 17.5 Å². The monoisotopic (exact) mass is 574 g/mol. The van der Waals surface area contributed by atoms with Crippen LogP contribution in [-0.4, -0.2) is 77.1 Å². The molecule has 2 bridgehead atoms. The van der Waals surface area contributed by atoms with E-state index in [1.807, 2.05) is 30.6 Å². The van der Waals surface area contributed by atoms with Crippen LogP contribution in [0, 0.1) is 11.3 Å². The second-order valence-electron chi connectivity index (χ2n) is 11.6. The van der Waals surface area contributed by atoms with E-state index in [0.717, 1.165) is 36.6 Å². The lowest BCUT2D eigenvalue weighted by atomic mass is 9.87. The fourth-order valence-electron chi connectivity index (χ4n) is 5.94. The summed E-state index contributed by atoms with van der Waals surface area (Å²) in [5, 5.41) is 33.0. The van der Waals surface area contributed by atoms with E-state index in [2.05, 4.69) is 42.2 Å². The van der Waals surface area contributed by atoms with E-state index >= 15 is 0 Å². The molecule has 3 saturated heterocycles. The lowest BCUT2D eigenvalue weighted by Gasteiger charge is -2.56. The average molecular weight is 575 g/mol. The van der Waals surface area contributed by atoms with E-state index in [4.69, 9.17) is 14.7 Å². The quantitative estimate of drug-likeness (QED) is 0.306. The summed E-state index contributed by atoms with van der Waals surface area (Å²) in [6.45, 7) is 5.97. The Labute approximate surface area is 248 Å². The fourth-order valence-corrected chi connectivity index (χ4v) is 5.94. The molecule has 43 heavy (non-hydrogen) atoms. The summed E-state index contributed by atoms with van der Waals surface area (Å²) in [6.07, 6.45) is 9.98. The summed E-state index contributed by atoms with van der Waals surface area (Å²) in [6, 6.07) is 12.6. The second-order valence-corrected chi connectivity index (χ2v) is 11.6. The highest BCUT2D eigenvalue weighted by Gasteiger charge is 2.44. The van der Waals surface area contributed by atoms with Crippen LogP contribution >= 0.6 is 0 Å². The highest BCUT2D eigenvalue weighted by molar-refractivity contribution is 5.85. The summed E-state index contributed by atoms with van der Waals surface area (Å²) in [7, 11) is 1.62. The van der Waals surface area contributed by atoms with Gasteiger partial charge in [0.2, 0.25) is 5.88 Å². The third-order valence-corrected chi connectivity index (χ3v) is 8.27. The lowest BCUT2D eigenvalue weighted by Crippen LogP contribution is -2.68. The van der Waals surface area contributed by atoms with Crippen molar-refractivity contribution in [3.63, 3.8) is 0 Å². The summed E-state index contributed by atoms with van der Waals surface area (Å²) in [4.78, 5) is 18.8. The minimum atomic E-state index is -1.09. The van der Waals surface area contributed by atoms with Crippen LogP contribution in [-0.2, 0) is 12.1 Å². The van der Waals surface area contributed by atoms with Gasteiger partial charge in [-0.05, 0) is 44.0 Å². The second kappa shape index (κ2) is 10.4. The van der Waals surface area contributed by atoms with Crippen molar-refractivity contribution in [2.24, 2.45) is 0 Å². The Kier molecular flexibility index (Phi) is 6.49. The number of hydrogen-bond donors (Lipinski definition) is 1. The molecule has 8 rings (SSSR count). The number of fused-ring (bicyclic) bond motifs is 3. The first-order chi connectivity index (χ1) is 20.8. The number of nitriles is 1. The minimum absolute atomic E-state index is 0.444. The number of ether oxygens (including phenoxy) is 1. The molecule has 216 valence electrons. The highest BCUT2D eigenvalue weighted by Crippen LogP contribution is 2.36. The van der Waals surface area contributed by atoms with Gasteiger partial charge in [0.15, 0.2) is 0 Å². The molecule has 2 unspecified atom stereocenters. The summed E-state index contributed by atoms with van der Waals surface area (Å²) in [5.74, 6) is 1.46. The first-order valence-corrected chi connectivity index (χ1v) is 14.1. The summed E-state index contributed by atoms with van der Waals surface area (Å²) in [5.41, 5.74) is 4.36. The molecule has 0 amide bonds. The zero-order valence-corrected chi connectivity index (χ0v) is 24.1. The molecular formula is C31H30N10O2. The third-order valence-electron chi connectivity index (χ3n) is 8.27. The zero-order chi connectivity index (χ0) is 29.7. The van der Waals surface area contributed by atoms with Gasteiger partial charge >= 0.3 is 0 Å². The van der Waals surface area contributed by atoms with Crippen LogP contribution in [0.15, 0.2) is 61.3 Å². The van der Waals surface area contributed by atoms with Crippen LogP contribution < -0.4 is 9.64 Å². The fraction of sp³-hybridized carbons (Fsp3) is 0.323. The number of piperazine rings is 1. The number of aliphatic hydroxyl groups is 1. The maximum absolute atomic E-state index is 10.3. The van der Waals surface area contributed by atoms with E-state index in [9.17, 15) is 10.4 Å². The Bertz CT molecular complexity index is 1810. The maximum Gasteiger partial charge on any atom is 0.212 e. The van der Waals surface area contributed by atoms with Gasteiger partial charge in [-0.3, -0.25) is 9.88 Å². The molecule has 5 aromatic rings. The molecule has 3 aliphatic rings. The van der Waals surface area contributed by atoms with Crippen molar-refractivity contribution in [1.29, 1.82) is 5.26 Å². The SMILES string of the molecule is COc1ccc(CN2C3CC2CN(c2cnc(-c4cc(-c5ccc(C(C)(C)O)nn5)cn5ncc(C#N)c45)cn2)C3)cn1. The highest BCUT2D eigenvalue weighted by atomic mass is 16.5. The Hall–Kier alpha value is -4.99. The lowest BCUT2D eigenvalue weighted by molar-refractivity contribution is -0.00879. The van der Waals surface area contributed by atoms with Crippen molar-refractivity contribution in [1.82, 2.24) is 39.7 Å². The Balaban J connectivity index is 1.13. The van der Waals surface area contributed by atoms with Crippen molar-refractivity contribution in [3.8, 4) is 34.5 Å². The number of nitrogens with zero attached hydrogens (tertiary/aromatic N) is 10. The van der Waals surface area contributed by atoms with E-state index in [-0.39, 0.29) is 0 Å². The topological polar surface area (TPSA) is 141 Å². The van der Waals surface area contributed by atoms with Gasteiger partial charge in [0, 0.05) is 61.3 Å². The normalized spacial score (nSPS) is 18.3. The number of methoxy groups -OCH3 is 1. The summed E-state index contributed by atoms with van der Waals surface area (Å²) < 4.78 is 6.84. The average Bonchev–Trinajstić information content (AvgIpc) is 3.46. The molecule has 0 aliphatic carbocycles. The first kappa shape index (κ1) is 26.9. The number of aromatic nitrogens is 7. The number of anilines is 1. The van der Waals surface area contributed by atoms with Crippen molar-refractivity contribution >= 4 is 11.3 Å². The minimum Gasteiger partial charge on any atom is -0.481 e. The molecule has 5 aromatic heterocycles. The van der Waals surface area contributed by atoms with Crippen molar-refractivity contribution in [3.05, 3.63) is 78.1 Å². The molecule has 8 heterocycles. The Morgan fingerprint density at radius 3 is 2.47 bits per heavy atom. The maximum atomic E-state index is 10.3. The predicted molar refractivity (Wildman–Crippen MR) is 158 cm³/mol. The number of rotatable bonds is 7. The Morgan fingerprint density at radius 2 is 1.84 bits per heavy atom. The molecule has 3 aliphatic heterocycles. The van der Waals surface area contributed by atoms with Crippen LogP contribution in [0.3, 0.4) is 0 Å². The van der Waals surface area contributed by atoms with Crippen LogP contribution in [0.25, 0.3) is 28.0 Å². The van der Waals surface area contributed by atoms with Crippen molar-refractivity contribution in [2.45, 2.75) is 44.5 Å². The van der Waals surface area contributed by atoms with Crippen LogP contribution in [0.1, 0.15) is 37.1 Å². The molecule has 1 N–H and O–H groups in total. The number of pyridine rings is 2.